The first-order chi connectivity index (χ1) is 28.8. The molecule has 3 heterocycles. The maximum atomic E-state index is 7.06. The van der Waals surface area contributed by atoms with E-state index < -0.39 is 11.1 Å². The molecule has 6 heteroatoms. The SMILES string of the molecule is Cc1ccc2c(c1C)C[C@]1(C)OC(c3[c-]c(Oc4[c-]c5c(cc4)C(C)(C)c4ccccc4N5c4cc(C(C)(C)C)ccn4)cc(-c4c(C(C)C)cccc4C(C)C)c3)=N[C@]21C.[Pt+2]. The van der Waals surface area contributed by atoms with Crippen molar-refractivity contribution in [3.63, 3.8) is 0 Å². The van der Waals surface area contributed by atoms with Gasteiger partial charge in [0.15, 0.2) is 0 Å². The number of aliphatic imine (C=N–C) groups is 1. The monoisotopic (exact) mass is 1000 g/mol. The van der Waals surface area contributed by atoms with E-state index >= 15 is 0 Å². The van der Waals surface area contributed by atoms with Crippen LogP contribution in [-0.2, 0) is 48.6 Å². The topological polar surface area (TPSA) is 47.0 Å². The molecule has 5 nitrogen and oxygen atoms in total. The van der Waals surface area contributed by atoms with Gasteiger partial charge in [-0.3, -0.25) is 4.99 Å². The maximum Gasteiger partial charge on any atom is 2.00 e. The molecule has 0 radical (unpaired) electrons. The van der Waals surface area contributed by atoms with Crippen molar-refractivity contribution < 1.29 is 30.5 Å². The van der Waals surface area contributed by atoms with Crippen LogP contribution < -0.4 is 9.64 Å². The second kappa shape index (κ2) is 15.4. The molecular formula is C56H59N3O2Pt. The molecule has 5 aromatic carbocycles. The molecule has 9 rings (SSSR count). The van der Waals surface area contributed by atoms with E-state index in [0.717, 1.165) is 40.3 Å². The fourth-order valence-electron chi connectivity index (χ4n) is 9.99. The van der Waals surface area contributed by atoms with Gasteiger partial charge in [-0.15, -0.1) is 23.8 Å². The molecule has 2 atom stereocenters. The molecule has 0 fully saturated rings. The first kappa shape index (κ1) is 43.6. The molecule has 0 bridgehead atoms. The van der Waals surface area contributed by atoms with E-state index in [4.69, 9.17) is 19.5 Å². The van der Waals surface area contributed by atoms with Crippen LogP contribution in [0.2, 0.25) is 0 Å². The summed E-state index contributed by atoms with van der Waals surface area (Å²) in [4.78, 5) is 12.7. The molecule has 0 unspecified atom stereocenters. The van der Waals surface area contributed by atoms with Gasteiger partial charge in [-0.05, 0) is 119 Å². The Hall–Kier alpha value is -4.99. The Labute approximate surface area is 384 Å². The van der Waals surface area contributed by atoms with Crippen LogP contribution in [0.15, 0.2) is 102 Å². The summed E-state index contributed by atoms with van der Waals surface area (Å²) < 4.78 is 14.0. The van der Waals surface area contributed by atoms with Crippen molar-refractivity contribution in [2.24, 2.45) is 4.99 Å². The molecule has 3 aliphatic rings. The first-order valence-corrected chi connectivity index (χ1v) is 22.0. The summed E-state index contributed by atoms with van der Waals surface area (Å²) in [6, 6.07) is 40.2. The summed E-state index contributed by atoms with van der Waals surface area (Å²) in [5.41, 5.74) is 15.1. The molecule has 6 aromatic rings. The first-order valence-electron chi connectivity index (χ1n) is 22.0. The second-order valence-electron chi connectivity index (χ2n) is 20.1. The number of aryl methyl sites for hydroxylation is 1. The average Bonchev–Trinajstić information content (AvgIpc) is 3.61. The van der Waals surface area contributed by atoms with Gasteiger partial charge >= 0.3 is 21.1 Å². The summed E-state index contributed by atoms with van der Waals surface area (Å²) >= 11 is 0. The predicted molar refractivity (Wildman–Crippen MR) is 251 cm³/mol. The molecular weight excluding hydrogens is 942 g/mol. The van der Waals surface area contributed by atoms with Crippen LogP contribution >= 0.6 is 0 Å². The number of ether oxygens (including phenoxy) is 2. The van der Waals surface area contributed by atoms with Crippen LogP contribution in [0.4, 0.5) is 17.2 Å². The number of para-hydroxylation sites is 1. The van der Waals surface area contributed by atoms with E-state index in [1.807, 2.05) is 12.3 Å². The number of fused-ring (bicyclic) bond motifs is 5. The van der Waals surface area contributed by atoms with E-state index in [9.17, 15) is 0 Å². The van der Waals surface area contributed by atoms with Gasteiger partial charge in [0.1, 0.15) is 22.9 Å². The fraction of sp³-hybridized carbons (Fsp3) is 0.357. The van der Waals surface area contributed by atoms with Gasteiger partial charge in [-0.2, -0.15) is 6.07 Å². The van der Waals surface area contributed by atoms with Crippen molar-refractivity contribution in [3.05, 3.63) is 165 Å². The number of anilines is 3. The van der Waals surface area contributed by atoms with Crippen molar-refractivity contribution in [1.82, 2.24) is 4.98 Å². The summed E-state index contributed by atoms with van der Waals surface area (Å²) in [5, 5.41) is 0. The number of aromatic nitrogens is 1. The van der Waals surface area contributed by atoms with Crippen molar-refractivity contribution in [3.8, 4) is 22.6 Å². The summed E-state index contributed by atoms with van der Waals surface area (Å²) in [6.45, 7) is 29.2. The van der Waals surface area contributed by atoms with Crippen LogP contribution in [-0.4, -0.2) is 16.5 Å². The minimum atomic E-state index is -0.545. The van der Waals surface area contributed by atoms with Gasteiger partial charge < -0.3 is 14.4 Å². The van der Waals surface area contributed by atoms with Crippen LogP contribution in [0.3, 0.4) is 0 Å². The van der Waals surface area contributed by atoms with Crippen LogP contribution in [0.5, 0.6) is 11.5 Å². The Morgan fingerprint density at radius 2 is 1.45 bits per heavy atom. The standard InChI is InChI=1S/C56H59N3O2.Pt/c1-33(2)42-17-16-18-43(34(3)4)51(42)37-27-38(52-58-56(13)45-23-21-35(5)36(6)44(45)32-55(56,12)61-52)29-41(28-37)60-40-22-24-47-49(31-40)59(48-20-15-14-19-46(48)54(47,10)11)50-30-39(25-26-57-50)53(7,8)9;/h14-28,30,33-34H,32H2,1-13H3;/q-2;+2/t55-,56+;/m0./s1. The Morgan fingerprint density at radius 1 is 0.758 bits per heavy atom. The smallest absolute Gasteiger partial charge is 0.511 e. The average molecular weight is 1000 g/mol. The number of benzene rings is 5. The van der Waals surface area contributed by atoms with Gasteiger partial charge in [0.25, 0.3) is 0 Å². The summed E-state index contributed by atoms with van der Waals surface area (Å²) in [7, 11) is 0. The quantitative estimate of drug-likeness (QED) is 0.150. The fourth-order valence-corrected chi connectivity index (χ4v) is 9.99. The molecule has 0 N–H and O–H groups in total. The van der Waals surface area contributed by atoms with Crippen molar-refractivity contribution >= 4 is 23.1 Å². The third-order valence-corrected chi connectivity index (χ3v) is 14.0. The minimum Gasteiger partial charge on any atom is -0.511 e. The normalized spacial score (nSPS) is 19.6. The zero-order chi connectivity index (χ0) is 43.4. The molecule has 1 aliphatic carbocycles. The zero-order valence-electron chi connectivity index (χ0n) is 38.6. The van der Waals surface area contributed by atoms with Crippen LogP contribution in [0, 0.1) is 26.0 Å². The molecule has 0 saturated heterocycles. The zero-order valence-corrected chi connectivity index (χ0v) is 40.8. The molecule has 62 heavy (non-hydrogen) atoms. The van der Waals surface area contributed by atoms with E-state index in [-0.39, 0.29) is 31.9 Å². The van der Waals surface area contributed by atoms with E-state index in [0.29, 0.717) is 29.2 Å². The van der Waals surface area contributed by atoms with Crippen molar-refractivity contribution in [2.45, 2.75) is 130 Å². The third-order valence-electron chi connectivity index (χ3n) is 14.0. The van der Waals surface area contributed by atoms with Crippen LogP contribution in [0.1, 0.15) is 144 Å². The van der Waals surface area contributed by atoms with Gasteiger partial charge in [-0.25, -0.2) is 4.98 Å². The number of pyridine rings is 1. The number of rotatable bonds is 7. The van der Waals surface area contributed by atoms with E-state index in [1.54, 1.807) is 0 Å². The maximum absolute atomic E-state index is 7.06. The van der Waals surface area contributed by atoms with Gasteiger partial charge in [0.2, 0.25) is 0 Å². The molecule has 0 amide bonds. The van der Waals surface area contributed by atoms with Gasteiger partial charge in [0.05, 0.1) is 0 Å². The number of hydrogen-bond acceptors (Lipinski definition) is 5. The van der Waals surface area contributed by atoms with Gasteiger partial charge in [-0.1, -0.05) is 140 Å². The second-order valence-corrected chi connectivity index (χ2v) is 20.1. The Balaban J connectivity index is 0.00000529. The minimum absolute atomic E-state index is 0. The largest absolute Gasteiger partial charge is 2.00 e. The number of hydrogen-bond donors (Lipinski definition) is 0. The molecule has 1 aromatic heterocycles. The Kier molecular flexibility index (Phi) is 10.8. The number of nitrogens with zero attached hydrogens (tertiary/aromatic N) is 3. The summed E-state index contributed by atoms with van der Waals surface area (Å²) in [5.74, 6) is 3.24. The van der Waals surface area contributed by atoms with E-state index in [1.165, 1.54) is 50.1 Å². The predicted octanol–water partition coefficient (Wildman–Crippen LogP) is 14.4. The van der Waals surface area contributed by atoms with Crippen molar-refractivity contribution in [2.75, 3.05) is 4.90 Å². The van der Waals surface area contributed by atoms with E-state index in [2.05, 4.69) is 192 Å². The molecule has 2 aliphatic heterocycles. The summed E-state index contributed by atoms with van der Waals surface area (Å²) in [6.07, 6.45) is 2.72. The molecule has 320 valence electrons. The Morgan fingerprint density at radius 3 is 2.15 bits per heavy atom. The van der Waals surface area contributed by atoms with Crippen molar-refractivity contribution in [1.29, 1.82) is 0 Å². The van der Waals surface area contributed by atoms with Crippen LogP contribution in [0.25, 0.3) is 11.1 Å². The third kappa shape index (κ3) is 6.94. The Bertz CT molecular complexity index is 2750. The van der Waals surface area contributed by atoms with Gasteiger partial charge in [0, 0.05) is 29.8 Å². The molecule has 0 saturated carbocycles. The molecule has 0 spiro atoms.